The molecular weight excluding hydrogens is 254 g/mol. The number of benzene rings is 1. The van der Waals surface area contributed by atoms with Crippen LogP contribution in [0.3, 0.4) is 0 Å². The van der Waals surface area contributed by atoms with Gasteiger partial charge in [-0.2, -0.15) is 0 Å². The molecule has 0 atom stereocenters. The first kappa shape index (κ1) is 14.1. The van der Waals surface area contributed by atoms with Gasteiger partial charge in [-0.05, 0) is 29.7 Å². The number of ether oxygens (including phenoxy) is 1. The van der Waals surface area contributed by atoms with E-state index in [2.05, 4.69) is 18.6 Å². The quantitative estimate of drug-likeness (QED) is 0.806. The lowest BCUT2D eigenvalue weighted by atomic mass is 10.0. The molecule has 4 nitrogen and oxygen atoms in total. The van der Waals surface area contributed by atoms with E-state index >= 15 is 0 Å². The highest BCUT2D eigenvalue weighted by Crippen LogP contribution is 2.21. The van der Waals surface area contributed by atoms with Crippen molar-refractivity contribution in [2.75, 3.05) is 7.11 Å². The van der Waals surface area contributed by atoms with Gasteiger partial charge in [-0.15, -0.1) is 0 Å². The highest BCUT2D eigenvalue weighted by Gasteiger charge is 2.15. The first-order valence-corrected chi connectivity index (χ1v) is 6.45. The Morgan fingerprint density at radius 1 is 1.15 bits per heavy atom. The number of hydrogen-bond donors (Lipinski definition) is 0. The summed E-state index contributed by atoms with van der Waals surface area (Å²) in [6.07, 6.45) is 1.66. The number of rotatable bonds is 3. The largest absolute Gasteiger partial charge is 0.465 e. The van der Waals surface area contributed by atoms with Gasteiger partial charge in [0.05, 0.1) is 12.8 Å². The molecule has 1 aromatic heterocycles. The number of pyridine rings is 1. The molecule has 104 valence electrons. The molecule has 0 radical (unpaired) electrons. The van der Waals surface area contributed by atoms with Crippen molar-refractivity contribution in [2.24, 2.45) is 0 Å². The maximum atomic E-state index is 12.4. The van der Waals surface area contributed by atoms with Gasteiger partial charge < -0.3 is 4.74 Å². The van der Waals surface area contributed by atoms with E-state index in [1.807, 2.05) is 24.3 Å². The van der Waals surface area contributed by atoms with Gasteiger partial charge in [0, 0.05) is 6.20 Å². The van der Waals surface area contributed by atoms with E-state index in [-0.39, 0.29) is 17.0 Å². The smallest absolute Gasteiger partial charge is 0.343 e. The molecule has 0 fully saturated rings. The summed E-state index contributed by atoms with van der Waals surface area (Å²) in [7, 11) is 1.27. The monoisotopic (exact) mass is 271 g/mol. The zero-order valence-electron chi connectivity index (χ0n) is 11.8. The van der Waals surface area contributed by atoms with Crippen LogP contribution in [0, 0.1) is 0 Å². The van der Waals surface area contributed by atoms with E-state index in [1.54, 1.807) is 12.3 Å². The maximum absolute atomic E-state index is 12.4. The minimum Gasteiger partial charge on any atom is -0.465 e. The summed E-state index contributed by atoms with van der Waals surface area (Å²) in [5, 5.41) is 0. The summed E-state index contributed by atoms with van der Waals surface area (Å²) in [5.74, 6) is -0.341. The first-order chi connectivity index (χ1) is 9.56. The van der Waals surface area contributed by atoms with Crippen LogP contribution >= 0.6 is 0 Å². The fraction of sp³-hybridized carbons (Fsp3) is 0.250. The Hall–Kier alpha value is -2.36. The lowest BCUT2D eigenvalue weighted by molar-refractivity contribution is 0.0598. The Morgan fingerprint density at radius 2 is 1.85 bits per heavy atom. The molecule has 20 heavy (non-hydrogen) atoms. The molecule has 0 aliphatic carbocycles. The second-order valence-electron chi connectivity index (χ2n) is 4.80. The number of hydrogen-bond acceptors (Lipinski definition) is 3. The molecule has 0 saturated heterocycles. The van der Waals surface area contributed by atoms with E-state index in [4.69, 9.17) is 0 Å². The normalized spacial score (nSPS) is 10.6. The minimum atomic E-state index is -0.619. The molecule has 2 aromatic rings. The lowest BCUT2D eigenvalue weighted by Gasteiger charge is -2.14. The van der Waals surface area contributed by atoms with Gasteiger partial charge >= 0.3 is 5.97 Å². The highest BCUT2D eigenvalue weighted by atomic mass is 16.5. The molecule has 0 aliphatic heterocycles. The fourth-order valence-corrected chi connectivity index (χ4v) is 2.14. The van der Waals surface area contributed by atoms with Crippen LogP contribution in [0.15, 0.2) is 47.4 Å². The van der Waals surface area contributed by atoms with Crippen molar-refractivity contribution in [3.05, 3.63) is 64.1 Å². The molecule has 0 N–H and O–H groups in total. The summed E-state index contributed by atoms with van der Waals surface area (Å²) >= 11 is 0. The number of nitrogens with zero attached hydrogens (tertiary/aromatic N) is 1. The molecular formula is C16H17NO3. The predicted octanol–water partition coefficient (Wildman–Crippen LogP) is 2.75. The van der Waals surface area contributed by atoms with Gasteiger partial charge in [0.1, 0.15) is 5.56 Å². The van der Waals surface area contributed by atoms with E-state index in [0.29, 0.717) is 0 Å². The van der Waals surface area contributed by atoms with Crippen LogP contribution in [0.1, 0.15) is 35.7 Å². The van der Waals surface area contributed by atoms with E-state index in [9.17, 15) is 9.59 Å². The summed E-state index contributed by atoms with van der Waals surface area (Å²) in [4.78, 5) is 24.0. The van der Waals surface area contributed by atoms with Crippen LogP contribution in [-0.2, 0) is 4.74 Å². The topological polar surface area (TPSA) is 48.3 Å². The molecule has 1 heterocycles. The Balaban J connectivity index is 2.66. The zero-order chi connectivity index (χ0) is 14.7. The Kier molecular flexibility index (Phi) is 4.03. The van der Waals surface area contributed by atoms with Crippen LogP contribution in [-0.4, -0.2) is 17.6 Å². The Labute approximate surface area is 117 Å². The molecule has 0 amide bonds. The van der Waals surface area contributed by atoms with Gasteiger partial charge in [0.2, 0.25) is 0 Å². The molecule has 0 saturated carbocycles. The molecule has 2 rings (SSSR count). The Bertz CT molecular complexity index is 686. The summed E-state index contributed by atoms with van der Waals surface area (Å²) in [6, 6.07) is 10.8. The van der Waals surface area contributed by atoms with Crippen molar-refractivity contribution in [3.8, 4) is 5.69 Å². The van der Waals surface area contributed by atoms with Crippen molar-refractivity contribution in [2.45, 2.75) is 19.8 Å². The molecule has 0 spiro atoms. The van der Waals surface area contributed by atoms with Crippen molar-refractivity contribution in [3.63, 3.8) is 0 Å². The van der Waals surface area contributed by atoms with Gasteiger partial charge in [0.15, 0.2) is 0 Å². The third kappa shape index (κ3) is 2.50. The van der Waals surface area contributed by atoms with Gasteiger partial charge in [-0.3, -0.25) is 9.36 Å². The van der Waals surface area contributed by atoms with Crippen LogP contribution in [0.25, 0.3) is 5.69 Å². The fourth-order valence-electron chi connectivity index (χ4n) is 2.14. The van der Waals surface area contributed by atoms with Crippen LogP contribution in [0.5, 0.6) is 0 Å². The van der Waals surface area contributed by atoms with E-state index in [0.717, 1.165) is 11.3 Å². The Morgan fingerprint density at radius 3 is 2.50 bits per heavy atom. The van der Waals surface area contributed by atoms with Crippen LogP contribution in [0.4, 0.5) is 0 Å². The number of carbonyl (C=O) groups is 1. The van der Waals surface area contributed by atoms with E-state index < -0.39 is 5.97 Å². The minimum absolute atomic E-state index is 0.0357. The lowest BCUT2D eigenvalue weighted by Crippen LogP contribution is -2.25. The third-order valence-electron chi connectivity index (χ3n) is 3.17. The van der Waals surface area contributed by atoms with Crippen molar-refractivity contribution < 1.29 is 9.53 Å². The molecule has 1 aromatic carbocycles. The molecule has 4 heteroatoms. The number of carbonyl (C=O) groups excluding carboxylic acids is 1. The summed E-state index contributed by atoms with van der Waals surface area (Å²) in [6.45, 7) is 4.13. The van der Waals surface area contributed by atoms with E-state index in [1.165, 1.54) is 17.7 Å². The van der Waals surface area contributed by atoms with Gasteiger partial charge in [-0.25, -0.2) is 4.79 Å². The molecule has 0 aliphatic rings. The third-order valence-corrected chi connectivity index (χ3v) is 3.17. The second kappa shape index (κ2) is 5.74. The molecule has 0 unspecified atom stereocenters. The maximum Gasteiger partial charge on any atom is 0.343 e. The number of methoxy groups -OCH3 is 1. The zero-order valence-corrected chi connectivity index (χ0v) is 11.8. The first-order valence-electron chi connectivity index (χ1n) is 6.45. The summed E-state index contributed by atoms with van der Waals surface area (Å²) < 4.78 is 6.12. The number of esters is 1. The van der Waals surface area contributed by atoms with Crippen LogP contribution < -0.4 is 5.56 Å². The van der Waals surface area contributed by atoms with Gasteiger partial charge in [-0.1, -0.05) is 32.0 Å². The average Bonchev–Trinajstić information content (AvgIpc) is 2.46. The van der Waals surface area contributed by atoms with Crippen molar-refractivity contribution >= 4 is 5.97 Å². The number of para-hydroxylation sites is 1. The van der Waals surface area contributed by atoms with Gasteiger partial charge in [0.25, 0.3) is 5.56 Å². The molecule has 0 bridgehead atoms. The summed E-state index contributed by atoms with van der Waals surface area (Å²) in [5.41, 5.74) is 1.51. The van der Waals surface area contributed by atoms with Crippen LogP contribution in [0.2, 0.25) is 0 Å². The van der Waals surface area contributed by atoms with Crippen molar-refractivity contribution in [1.82, 2.24) is 4.57 Å². The SMILES string of the molecule is COC(=O)c1cccn(-c2ccccc2C(C)C)c1=O. The number of aromatic nitrogens is 1. The van der Waals surface area contributed by atoms with Crippen molar-refractivity contribution in [1.29, 1.82) is 0 Å². The standard InChI is InChI=1S/C16H17NO3/c1-11(2)12-7-4-5-9-14(12)17-10-6-8-13(15(17)18)16(19)20-3/h4-11H,1-3H3. The highest BCUT2D eigenvalue weighted by molar-refractivity contribution is 5.88. The predicted molar refractivity (Wildman–Crippen MR) is 77.5 cm³/mol. The average molecular weight is 271 g/mol. The second-order valence-corrected chi connectivity index (χ2v) is 4.80.